The van der Waals surface area contributed by atoms with Crippen molar-refractivity contribution in [2.24, 2.45) is 0 Å². The van der Waals surface area contributed by atoms with E-state index in [4.69, 9.17) is 16.1 Å². The summed E-state index contributed by atoms with van der Waals surface area (Å²) in [6.45, 7) is 0.273. The molecule has 1 aromatic carbocycles. The Morgan fingerprint density at radius 1 is 1.24 bits per heavy atom. The number of rotatable bonds is 3. The summed E-state index contributed by atoms with van der Waals surface area (Å²) in [7, 11) is 0. The Balaban J connectivity index is 1.57. The Morgan fingerprint density at radius 3 is 2.80 bits per heavy atom. The largest absolute Gasteiger partial charge is 0.339 e. The van der Waals surface area contributed by atoms with Gasteiger partial charge in [0.05, 0.1) is 11.6 Å². The minimum atomic E-state index is -0.537. The van der Waals surface area contributed by atoms with Crippen molar-refractivity contribution in [3.8, 4) is 11.4 Å². The molecule has 1 aliphatic rings. The lowest BCUT2D eigenvalue weighted by molar-refractivity contribution is -0.117. The van der Waals surface area contributed by atoms with Gasteiger partial charge in [-0.05, 0) is 30.3 Å². The lowest BCUT2D eigenvalue weighted by Crippen LogP contribution is -2.25. The number of carbonyl (C=O) groups excluding carboxylic acids is 1. The summed E-state index contributed by atoms with van der Waals surface area (Å²) in [4.78, 5) is 22.0. The average molecular weight is 359 g/mol. The molecule has 25 heavy (non-hydrogen) atoms. The van der Waals surface area contributed by atoms with Crippen LogP contribution in [0.1, 0.15) is 18.2 Å². The molecule has 0 radical (unpaired) electrons. The van der Waals surface area contributed by atoms with E-state index in [-0.39, 0.29) is 35.5 Å². The molecule has 0 saturated carbocycles. The molecule has 126 valence electrons. The van der Waals surface area contributed by atoms with Crippen LogP contribution in [-0.4, -0.2) is 27.6 Å². The number of pyridine rings is 1. The summed E-state index contributed by atoms with van der Waals surface area (Å²) in [5.74, 6) is -0.233. The SMILES string of the molecule is O=C1CC(c2nc(-c3ccncc3)no2)CN1c1ccc(Cl)cc1F. The van der Waals surface area contributed by atoms with Gasteiger partial charge in [-0.3, -0.25) is 9.78 Å². The first-order valence-electron chi connectivity index (χ1n) is 7.61. The summed E-state index contributed by atoms with van der Waals surface area (Å²) in [6, 6.07) is 7.77. The van der Waals surface area contributed by atoms with Crippen LogP contribution in [0.3, 0.4) is 0 Å². The van der Waals surface area contributed by atoms with Crippen molar-refractivity contribution in [3.05, 3.63) is 59.5 Å². The second kappa shape index (κ2) is 6.25. The van der Waals surface area contributed by atoms with Crippen LogP contribution in [0.25, 0.3) is 11.4 Å². The van der Waals surface area contributed by atoms with Crippen molar-refractivity contribution in [1.29, 1.82) is 0 Å². The Bertz CT molecular complexity index is 931. The van der Waals surface area contributed by atoms with Crippen molar-refractivity contribution in [2.75, 3.05) is 11.4 Å². The van der Waals surface area contributed by atoms with Gasteiger partial charge >= 0.3 is 0 Å². The smallest absolute Gasteiger partial charge is 0.232 e. The van der Waals surface area contributed by atoms with Gasteiger partial charge in [0.1, 0.15) is 5.82 Å². The highest BCUT2D eigenvalue weighted by Crippen LogP contribution is 2.33. The lowest BCUT2D eigenvalue weighted by Gasteiger charge is -2.16. The Hall–Kier alpha value is -2.80. The molecule has 3 aromatic rings. The zero-order chi connectivity index (χ0) is 17.4. The normalized spacial score (nSPS) is 17.3. The van der Waals surface area contributed by atoms with E-state index in [1.165, 1.54) is 17.0 Å². The van der Waals surface area contributed by atoms with E-state index in [9.17, 15) is 9.18 Å². The molecule has 0 bridgehead atoms. The fourth-order valence-electron chi connectivity index (χ4n) is 2.83. The van der Waals surface area contributed by atoms with Crippen LogP contribution < -0.4 is 4.90 Å². The molecule has 1 amide bonds. The lowest BCUT2D eigenvalue weighted by atomic mass is 10.1. The summed E-state index contributed by atoms with van der Waals surface area (Å²) in [6.07, 6.45) is 3.45. The van der Waals surface area contributed by atoms with Crippen molar-refractivity contribution >= 4 is 23.2 Å². The molecule has 2 aromatic heterocycles. The second-order valence-electron chi connectivity index (χ2n) is 5.69. The van der Waals surface area contributed by atoms with Gasteiger partial charge < -0.3 is 9.42 Å². The van der Waals surface area contributed by atoms with E-state index in [1.807, 2.05) is 0 Å². The van der Waals surface area contributed by atoms with Gasteiger partial charge in [0, 0.05) is 35.9 Å². The monoisotopic (exact) mass is 358 g/mol. The van der Waals surface area contributed by atoms with Crippen LogP contribution in [0.4, 0.5) is 10.1 Å². The van der Waals surface area contributed by atoms with Gasteiger partial charge in [0.15, 0.2) is 0 Å². The highest BCUT2D eigenvalue weighted by molar-refractivity contribution is 6.30. The summed E-state index contributed by atoms with van der Waals surface area (Å²) < 4.78 is 19.4. The fraction of sp³-hybridized carbons (Fsp3) is 0.176. The van der Waals surface area contributed by atoms with Crippen molar-refractivity contribution in [3.63, 3.8) is 0 Å². The van der Waals surface area contributed by atoms with E-state index in [0.29, 0.717) is 11.7 Å². The van der Waals surface area contributed by atoms with Gasteiger partial charge in [-0.2, -0.15) is 4.98 Å². The maximum absolute atomic E-state index is 14.1. The number of hydrogen-bond acceptors (Lipinski definition) is 5. The molecule has 8 heteroatoms. The van der Waals surface area contributed by atoms with Crippen LogP contribution in [0.15, 0.2) is 47.2 Å². The third kappa shape index (κ3) is 2.98. The van der Waals surface area contributed by atoms with Gasteiger partial charge in [-0.1, -0.05) is 16.8 Å². The summed E-state index contributed by atoms with van der Waals surface area (Å²) >= 11 is 5.76. The first kappa shape index (κ1) is 15.7. The molecule has 0 spiro atoms. The van der Waals surface area contributed by atoms with E-state index in [1.54, 1.807) is 30.6 Å². The van der Waals surface area contributed by atoms with E-state index in [2.05, 4.69) is 15.1 Å². The predicted molar refractivity (Wildman–Crippen MR) is 88.7 cm³/mol. The summed E-state index contributed by atoms with van der Waals surface area (Å²) in [5.41, 5.74) is 0.973. The maximum Gasteiger partial charge on any atom is 0.232 e. The van der Waals surface area contributed by atoms with Gasteiger partial charge in [0.25, 0.3) is 0 Å². The highest BCUT2D eigenvalue weighted by Gasteiger charge is 2.36. The molecule has 3 heterocycles. The van der Waals surface area contributed by atoms with Gasteiger partial charge in [-0.15, -0.1) is 0 Å². The second-order valence-corrected chi connectivity index (χ2v) is 6.13. The number of halogens is 2. The number of amides is 1. The fourth-order valence-corrected chi connectivity index (χ4v) is 2.98. The number of nitrogens with zero attached hydrogens (tertiary/aromatic N) is 4. The van der Waals surface area contributed by atoms with Crippen LogP contribution in [-0.2, 0) is 4.79 Å². The van der Waals surface area contributed by atoms with Crippen LogP contribution >= 0.6 is 11.6 Å². The molecular weight excluding hydrogens is 347 g/mol. The molecule has 1 atom stereocenters. The van der Waals surface area contributed by atoms with Crippen molar-refractivity contribution < 1.29 is 13.7 Å². The first-order chi connectivity index (χ1) is 12.1. The molecule has 1 unspecified atom stereocenters. The number of aromatic nitrogens is 3. The minimum absolute atomic E-state index is 0.181. The third-order valence-electron chi connectivity index (χ3n) is 4.06. The molecule has 0 N–H and O–H groups in total. The zero-order valence-corrected chi connectivity index (χ0v) is 13.7. The van der Waals surface area contributed by atoms with Crippen molar-refractivity contribution in [1.82, 2.24) is 15.1 Å². The van der Waals surface area contributed by atoms with Crippen LogP contribution in [0, 0.1) is 5.82 Å². The molecule has 6 nitrogen and oxygen atoms in total. The molecule has 1 saturated heterocycles. The number of anilines is 1. The highest BCUT2D eigenvalue weighted by atomic mass is 35.5. The first-order valence-corrected chi connectivity index (χ1v) is 7.99. The van der Waals surface area contributed by atoms with Crippen molar-refractivity contribution in [2.45, 2.75) is 12.3 Å². The molecule has 4 rings (SSSR count). The Kier molecular flexibility index (Phi) is 3.93. The zero-order valence-electron chi connectivity index (χ0n) is 12.9. The molecule has 1 fully saturated rings. The molecule has 1 aliphatic heterocycles. The number of hydrogen-bond donors (Lipinski definition) is 0. The maximum atomic E-state index is 14.1. The topological polar surface area (TPSA) is 72.1 Å². The number of benzene rings is 1. The number of carbonyl (C=O) groups is 1. The van der Waals surface area contributed by atoms with E-state index in [0.717, 1.165) is 5.56 Å². The van der Waals surface area contributed by atoms with Crippen LogP contribution in [0.5, 0.6) is 0 Å². The third-order valence-corrected chi connectivity index (χ3v) is 4.29. The van der Waals surface area contributed by atoms with Gasteiger partial charge in [-0.25, -0.2) is 4.39 Å². The van der Waals surface area contributed by atoms with E-state index >= 15 is 0 Å². The standard InChI is InChI=1S/C17H12ClFN4O2/c18-12-1-2-14(13(19)8-12)23-9-11(7-15(23)24)17-21-16(22-25-17)10-3-5-20-6-4-10/h1-6,8,11H,7,9H2. The molecular formula is C17H12ClFN4O2. The minimum Gasteiger partial charge on any atom is -0.339 e. The molecule has 0 aliphatic carbocycles. The Labute approximate surface area is 147 Å². The van der Waals surface area contributed by atoms with Gasteiger partial charge in [0.2, 0.25) is 17.6 Å². The van der Waals surface area contributed by atoms with E-state index < -0.39 is 5.82 Å². The van der Waals surface area contributed by atoms with Crippen LogP contribution in [0.2, 0.25) is 5.02 Å². The quantitative estimate of drug-likeness (QED) is 0.717. The average Bonchev–Trinajstić information content (AvgIpc) is 3.23. The predicted octanol–water partition coefficient (Wildman–Crippen LogP) is 3.44. The Morgan fingerprint density at radius 2 is 2.04 bits per heavy atom. The summed E-state index contributed by atoms with van der Waals surface area (Å²) in [5, 5.41) is 4.23.